The van der Waals surface area contributed by atoms with Gasteiger partial charge >= 0.3 is 0 Å². The molecule has 1 saturated heterocycles. The van der Waals surface area contributed by atoms with Gasteiger partial charge in [0.2, 0.25) is 0 Å². The summed E-state index contributed by atoms with van der Waals surface area (Å²) in [4.78, 5) is 2.18. The molecule has 2 heterocycles. The minimum absolute atomic E-state index is 0.0445. The number of nitrogens with one attached hydrogen (secondary N) is 1. The molecule has 0 aromatic carbocycles. The third-order valence-electron chi connectivity index (χ3n) is 3.99. The minimum atomic E-state index is -3.65. The van der Waals surface area contributed by atoms with Gasteiger partial charge in [-0.3, -0.25) is 5.10 Å². The summed E-state index contributed by atoms with van der Waals surface area (Å²) in [7, 11) is -1.64. The molecule has 20 heavy (non-hydrogen) atoms. The fourth-order valence-electron chi connectivity index (χ4n) is 2.53. The van der Waals surface area contributed by atoms with E-state index in [4.69, 9.17) is 0 Å². The normalized spacial score (nSPS) is 22.3. The Labute approximate surface area is 119 Å². The van der Waals surface area contributed by atoms with E-state index in [1.165, 1.54) is 4.31 Å². The summed E-state index contributed by atoms with van der Waals surface area (Å²) < 4.78 is 26.8. The van der Waals surface area contributed by atoms with E-state index in [1.807, 2.05) is 7.05 Å². The Balaban J connectivity index is 2.31. The van der Waals surface area contributed by atoms with Gasteiger partial charge in [0, 0.05) is 36.9 Å². The Morgan fingerprint density at radius 1 is 1.45 bits per heavy atom. The van der Waals surface area contributed by atoms with Gasteiger partial charge in [-0.2, -0.15) is 9.40 Å². The van der Waals surface area contributed by atoms with Gasteiger partial charge in [-0.1, -0.05) is 6.92 Å². The average Bonchev–Trinajstić information content (AvgIpc) is 2.80. The topological polar surface area (TPSA) is 89.5 Å². The zero-order chi connectivity index (χ0) is 14.9. The maximum absolute atomic E-state index is 12.7. The molecule has 1 atom stereocenters. The first kappa shape index (κ1) is 15.4. The molecule has 0 bridgehead atoms. The smallest absolute Gasteiger partial charge is 0.262 e. The van der Waals surface area contributed by atoms with Crippen molar-refractivity contribution < 1.29 is 13.5 Å². The van der Waals surface area contributed by atoms with E-state index in [1.54, 1.807) is 6.92 Å². The van der Waals surface area contributed by atoms with E-state index < -0.39 is 10.0 Å². The minimum Gasteiger partial charge on any atom is -0.392 e. The van der Waals surface area contributed by atoms with Crippen molar-refractivity contribution in [1.29, 1.82) is 0 Å². The maximum atomic E-state index is 12.7. The molecule has 1 aliphatic heterocycles. The Morgan fingerprint density at radius 3 is 2.75 bits per heavy atom. The largest absolute Gasteiger partial charge is 0.392 e. The SMILES string of the molecule is CCC1CN(S(=O)(=O)c2n[nH]c(C)c2CO)CCN1C. The van der Waals surface area contributed by atoms with Crippen molar-refractivity contribution in [2.45, 2.75) is 37.9 Å². The van der Waals surface area contributed by atoms with Crippen LogP contribution >= 0.6 is 0 Å². The summed E-state index contributed by atoms with van der Waals surface area (Å²) in [5.41, 5.74) is 0.948. The predicted octanol–water partition coefficient (Wildman–Crippen LogP) is -0.0749. The van der Waals surface area contributed by atoms with E-state index >= 15 is 0 Å². The number of piperazine rings is 1. The molecule has 0 spiro atoms. The molecular formula is C12H22N4O3S. The summed E-state index contributed by atoms with van der Waals surface area (Å²) in [6.45, 7) is 5.04. The van der Waals surface area contributed by atoms with E-state index in [0.29, 0.717) is 30.9 Å². The van der Waals surface area contributed by atoms with E-state index in [-0.39, 0.29) is 17.7 Å². The van der Waals surface area contributed by atoms with Crippen LogP contribution in [-0.4, -0.2) is 65.7 Å². The third-order valence-corrected chi connectivity index (χ3v) is 5.83. The first-order valence-corrected chi connectivity index (χ1v) is 8.20. The highest BCUT2D eigenvalue weighted by Crippen LogP contribution is 2.23. The van der Waals surface area contributed by atoms with E-state index in [9.17, 15) is 13.5 Å². The molecule has 1 aromatic heterocycles. The summed E-state index contributed by atoms with van der Waals surface area (Å²) in [6.07, 6.45) is 0.898. The van der Waals surface area contributed by atoms with Crippen LogP contribution in [0.15, 0.2) is 5.03 Å². The summed E-state index contributed by atoms with van der Waals surface area (Å²) >= 11 is 0. The zero-order valence-corrected chi connectivity index (χ0v) is 12.9. The van der Waals surface area contributed by atoms with Crippen LogP contribution in [0, 0.1) is 6.92 Å². The molecule has 1 unspecified atom stereocenters. The van der Waals surface area contributed by atoms with Crippen molar-refractivity contribution in [2.24, 2.45) is 0 Å². The molecule has 0 aliphatic carbocycles. The number of hydrogen-bond donors (Lipinski definition) is 2. The second kappa shape index (κ2) is 5.80. The van der Waals surface area contributed by atoms with Crippen LogP contribution < -0.4 is 0 Å². The molecule has 7 nitrogen and oxygen atoms in total. The van der Waals surface area contributed by atoms with Crippen molar-refractivity contribution >= 4 is 10.0 Å². The number of aliphatic hydroxyl groups excluding tert-OH is 1. The lowest BCUT2D eigenvalue weighted by Gasteiger charge is -2.38. The number of hydrogen-bond acceptors (Lipinski definition) is 5. The predicted molar refractivity (Wildman–Crippen MR) is 74.7 cm³/mol. The number of H-pyrrole nitrogens is 1. The number of aromatic amines is 1. The monoisotopic (exact) mass is 302 g/mol. The van der Waals surface area contributed by atoms with Crippen molar-refractivity contribution in [1.82, 2.24) is 19.4 Å². The molecule has 0 saturated carbocycles. The van der Waals surface area contributed by atoms with Gasteiger partial charge in [0.15, 0.2) is 5.03 Å². The lowest BCUT2D eigenvalue weighted by molar-refractivity contribution is 0.143. The fraction of sp³-hybridized carbons (Fsp3) is 0.750. The second-order valence-electron chi connectivity index (χ2n) is 5.20. The first-order chi connectivity index (χ1) is 9.41. The van der Waals surface area contributed by atoms with Crippen LogP contribution in [0.5, 0.6) is 0 Å². The van der Waals surface area contributed by atoms with Crippen LogP contribution in [0.2, 0.25) is 0 Å². The van der Waals surface area contributed by atoms with Crippen LogP contribution in [0.25, 0.3) is 0 Å². The Hall–Kier alpha value is -0.960. The Kier molecular flexibility index (Phi) is 4.48. The molecule has 114 valence electrons. The van der Waals surface area contributed by atoms with E-state index in [0.717, 1.165) is 6.42 Å². The first-order valence-electron chi connectivity index (χ1n) is 6.76. The highest BCUT2D eigenvalue weighted by atomic mass is 32.2. The van der Waals surface area contributed by atoms with Gasteiger partial charge < -0.3 is 10.0 Å². The molecule has 2 rings (SSSR count). The lowest BCUT2D eigenvalue weighted by atomic mass is 10.1. The quantitative estimate of drug-likeness (QED) is 0.812. The Bertz CT molecular complexity index is 569. The van der Waals surface area contributed by atoms with Gasteiger partial charge in [-0.05, 0) is 20.4 Å². The number of rotatable bonds is 4. The molecule has 0 amide bonds. The van der Waals surface area contributed by atoms with Gasteiger partial charge in [0.05, 0.1) is 6.61 Å². The molecular weight excluding hydrogens is 280 g/mol. The fourth-order valence-corrected chi connectivity index (χ4v) is 4.15. The molecule has 0 radical (unpaired) electrons. The van der Waals surface area contributed by atoms with E-state index in [2.05, 4.69) is 22.0 Å². The number of sulfonamides is 1. The molecule has 1 aromatic rings. The number of aryl methyl sites for hydroxylation is 1. The number of aliphatic hydroxyl groups is 1. The summed E-state index contributed by atoms with van der Waals surface area (Å²) in [5, 5.41) is 15.8. The number of likely N-dealkylation sites (N-methyl/N-ethyl adjacent to an activating group) is 1. The van der Waals surface area contributed by atoms with Gasteiger partial charge in [-0.15, -0.1) is 0 Å². The molecule has 8 heteroatoms. The summed E-state index contributed by atoms with van der Waals surface area (Å²) in [5.74, 6) is 0. The highest BCUT2D eigenvalue weighted by Gasteiger charge is 2.35. The van der Waals surface area contributed by atoms with Crippen LogP contribution in [0.3, 0.4) is 0 Å². The second-order valence-corrected chi connectivity index (χ2v) is 7.05. The number of aromatic nitrogens is 2. The molecule has 1 fully saturated rings. The van der Waals surface area contributed by atoms with Crippen molar-refractivity contribution in [3.05, 3.63) is 11.3 Å². The maximum Gasteiger partial charge on any atom is 0.262 e. The Morgan fingerprint density at radius 2 is 2.15 bits per heavy atom. The highest BCUT2D eigenvalue weighted by molar-refractivity contribution is 7.89. The number of nitrogens with zero attached hydrogens (tertiary/aromatic N) is 3. The van der Waals surface area contributed by atoms with Crippen molar-refractivity contribution in [2.75, 3.05) is 26.7 Å². The zero-order valence-electron chi connectivity index (χ0n) is 12.1. The average molecular weight is 302 g/mol. The lowest BCUT2D eigenvalue weighted by Crippen LogP contribution is -2.53. The summed E-state index contributed by atoms with van der Waals surface area (Å²) in [6, 6.07) is 0.219. The van der Waals surface area contributed by atoms with Crippen LogP contribution in [0.4, 0.5) is 0 Å². The van der Waals surface area contributed by atoms with Gasteiger partial charge in [0.25, 0.3) is 10.0 Å². The molecule has 2 N–H and O–H groups in total. The third kappa shape index (κ3) is 2.60. The molecule has 1 aliphatic rings. The van der Waals surface area contributed by atoms with Crippen molar-refractivity contribution in [3.8, 4) is 0 Å². The van der Waals surface area contributed by atoms with Gasteiger partial charge in [0.1, 0.15) is 0 Å². The van der Waals surface area contributed by atoms with Crippen LogP contribution in [0.1, 0.15) is 24.6 Å². The van der Waals surface area contributed by atoms with Crippen molar-refractivity contribution in [3.63, 3.8) is 0 Å². The van der Waals surface area contributed by atoms with Gasteiger partial charge in [-0.25, -0.2) is 8.42 Å². The van der Waals surface area contributed by atoms with Crippen LogP contribution in [-0.2, 0) is 16.6 Å². The standard InChI is InChI=1S/C12H22N4O3S/c1-4-10-7-16(6-5-15(10)3)20(18,19)12-11(8-17)9(2)13-14-12/h10,17H,4-8H2,1-3H3,(H,13,14).